The summed E-state index contributed by atoms with van der Waals surface area (Å²) in [4.78, 5) is 14.5. The van der Waals surface area contributed by atoms with Gasteiger partial charge in [0.05, 0.1) is 0 Å². The van der Waals surface area contributed by atoms with Crippen molar-refractivity contribution in [3.05, 3.63) is 0 Å². The lowest BCUT2D eigenvalue weighted by molar-refractivity contribution is -0.197. The standard InChI is InChI=1S/C84H150N4/c1-9-13-17-63-29-45-71(46-30-63)85(67-37-21-59(5)22-38-67)79-57-80(86(68-39-23-60(6)24-40-68)72-47-31-64(32-48-72)18-14-10-2)76-55-56-78-82(88(70-43-27-62(8)28-44-70)74-51-35-66(36-52-74)20-16-12-4)58-81(77-54-53-75(79)83(76)84(77)78)87(69-41-25-61(7)26-42-69)73-49-33-65(34-50-73)19-15-11-3/h59-84H,9-58H2,1-8H3. The summed E-state index contributed by atoms with van der Waals surface area (Å²) in [5, 5.41) is 0. The van der Waals surface area contributed by atoms with E-state index in [1.54, 1.807) is 38.5 Å². The third kappa shape index (κ3) is 15.8. The summed E-state index contributed by atoms with van der Waals surface area (Å²) in [5.41, 5.74) is 0. The zero-order valence-corrected chi connectivity index (χ0v) is 60.2. The van der Waals surface area contributed by atoms with E-state index in [9.17, 15) is 0 Å². The van der Waals surface area contributed by atoms with Crippen LogP contribution in [0.4, 0.5) is 0 Å². The van der Waals surface area contributed by atoms with E-state index in [1.165, 1.54) is 283 Å². The van der Waals surface area contributed by atoms with Crippen LogP contribution in [0.1, 0.15) is 376 Å². The van der Waals surface area contributed by atoms with Gasteiger partial charge in [-0.2, -0.15) is 0 Å². The molecule has 12 saturated carbocycles. The van der Waals surface area contributed by atoms with Gasteiger partial charge >= 0.3 is 0 Å². The summed E-state index contributed by atoms with van der Waals surface area (Å²) in [6.07, 6.45) is 75.5. The van der Waals surface area contributed by atoms with Crippen molar-refractivity contribution in [2.45, 2.75) is 449 Å². The van der Waals surface area contributed by atoms with Crippen molar-refractivity contribution in [3.63, 3.8) is 0 Å². The van der Waals surface area contributed by atoms with Crippen molar-refractivity contribution in [2.24, 2.45) is 82.9 Å². The number of nitrogens with zero attached hydrogens (tertiary/aromatic N) is 4. The Kier molecular flexibility index (Phi) is 25.2. The van der Waals surface area contributed by atoms with Crippen molar-refractivity contribution in [2.75, 3.05) is 0 Å². The maximum Gasteiger partial charge on any atom is 0.0147 e. The predicted octanol–water partition coefficient (Wildman–Crippen LogP) is 23.1. The monoisotopic (exact) mass is 1220 g/mol. The molecule has 0 bridgehead atoms. The quantitative estimate of drug-likeness (QED) is 0.0955. The van der Waals surface area contributed by atoms with Crippen LogP contribution in [0.5, 0.6) is 0 Å². The summed E-state index contributed by atoms with van der Waals surface area (Å²) in [5.74, 6) is 13.3. The SMILES string of the molecule is CCCCC1CCC(N(C2CCC(C)CC2)C2CC(N(C3CCC(C)CC3)C3CCC(CCCC)CC3)C3CCC4C5C(CCC2C35)C(N(C2CCC(C)CC2)C2CCC(CCCC)CC2)CC4N(C2CCC(C)CC2)C2CCC(CCCC)CC2)CC1. The molecular formula is C84H150N4. The Morgan fingerprint density at radius 2 is 0.386 bits per heavy atom. The van der Waals surface area contributed by atoms with Gasteiger partial charge in [0.2, 0.25) is 0 Å². The highest BCUT2D eigenvalue weighted by molar-refractivity contribution is 5.17. The van der Waals surface area contributed by atoms with Crippen LogP contribution in [-0.2, 0) is 0 Å². The molecule has 0 aliphatic heterocycles. The van der Waals surface area contributed by atoms with E-state index in [0.717, 1.165) is 155 Å². The van der Waals surface area contributed by atoms with Gasteiger partial charge in [-0.25, -0.2) is 0 Å². The fraction of sp³-hybridized carbons (Fsp3) is 1.00. The molecule has 0 amide bonds. The van der Waals surface area contributed by atoms with Gasteiger partial charge in [-0.15, -0.1) is 0 Å². The van der Waals surface area contributed by atoms with E-state index >= 15 is 0 Å². The van der Waals surface area contributed by atoms with Crippen LogP contribution in [0.3, 0.4) is 0 Å². The lowest BCUT2D eigenvalue weighted by atomic mass is 9.44. The molecule has 0 aromatic carbocycles. The van der Waals surface area contributed by atoms with E-state index in [2.05, 4.69) is 75.0 Å². The summed E-state index contributed by atoms with van der Waals surface area (Å²) in [6.45, 7) is 20.4. The van der Waals surface area contributed by atoms with Crippen LogP contribution < -0.4 is 0 Å². The smallest absolute Gasteiger partial charge is 0.0147 e. The largest absolute Gasteiger partial charge is 0.294 e. The second-order valence-corrected chi connectivity index (χ2v) is 36.4. The molecule has 4 heteroatoms. The molecule has 0 aromatic heterocycles. The lowest BCUT2D eigenvalue weighted by Crippen LogP contribution is -2.72. The Hall–Kier alpha value is -0.160. The van der Waals surface area contributed by atoms with Gasteiger partial charge < -0.3 is 0 Å². The molecule has 88 heavy (non-hydrogen) atoms. The van der Waals surface area contributed by atoms with Crippen molar-refractivity contribution in [3.8, 4) is 0 Å². The molecule has 0 aromatic rings. The Labute approximate surface area is 548 Å². The third-order valence-corrected chi connectivity index (χ3v) is 31.0. The molecule has 0 radical (unpaired) electrons. The van der Waals surface area contributed by atoms with Crippen LogP contribution in [0.25, 0.3) is 0 Å². The highest BCUT2D eigenvalue weighted by atomic mass is 15.3. The van der Waals surface area contributed by atoms with Crippen LogP contribution >= 0.6 is 0 Å². The van der Waals surface area contributed by atoms with Crippen molar-refractivity contribution < 1.29 is 0 Å². The Balaban J connectivity index is 0.983. The van der Waals surface area contributed by atoms with Gasteiger partial charge in [0.15, 0.2) is 0 Å². The first-order valence-electron chi connectivity index (χ1n) is 42.2. The lowest BCUT2D eigenvalue weighted by Gasteiger charge is -2.69. The van der Waals surface area contributed by atoms with Gasteiger partial charge in [-0.1, -0.05) is 132 Å². The summed E-state index contributed by atoms with van der Waals surface area (Å²) >= 11 is 0. The fourth-order valence-corrected chi connectivity index (χ4v) is 26.1. The van der Waals surface area contributed by atoms with Crippen LogP contribution in [0, 0.1) is 82.9 Å². The van der Waals surface area contributed by atoms with Gasteiger partial charge in [-0.05, 0) is 327 Å². The van der Waals surface area contributed by atoms with Crippen LogP contribution in [0.15, 0.2) is 0 Å². The highest BCUT2D eigenvalue weighted by Gasteiger charge is 2.64. The summed E-state index contributed by atoms with van der Waals surface area (Å²) < 4.78 is 0. The normalized spacial score (nSPS) is 45.4. The molecule has 8 unspecified atom stereocenters. The molecule has 4 nitrogen and oxygen atoms in total. The van der Waals surface area contributed by atoms with Crippen molar-refractivity contribution >= 4 is 0 Å². The molecule has 0 spiro atoms. The maximum atomic E-state index is 3.62. The zero-order chi connectivity index (χ0) is 60.7. The maximum absolute atomic E-state index is 3.62. The summed E-state index contributed by atoms with van der Waals surface area (Å²) in [6, 6.07) is 9.98. The number of rotatable bonds is 24. The van der Waals surface area contributed by atoms with E-state index < -0.39 is 0 Å². The minimum absolute atomic E-state index is 0.815. The first kappa shape index (κ1) is 67.8. The molecule has 12 rings (SSSR count). The number of unbranched alkanes of at least 4 members (excludes halogenated alkanes) is 4. The van der Waals surface area contributed by atoms with E-state index in [0.29, 0.717) is 0 Å². The van der Waals surface area contributed by atoms with Gasteiger partial charge in [0.25, 0.3) is 0 Å². The van der Waals surface area contributed by atoms with E-state index in [4.69, 9.17) is 0 Å². The molecular weight excluding hydrogens is 1060 g/mol. The van der Waals surface area contributed by atoms with Crippen molar-refractivity contribution in [1.29, 1.82) is 0 Å². The average molecular weight is 1220 g/mol. The molecule has 12 aliphatic carbocycles. The Morgan fingerprint density at radius 1 is 0.216 bits per heavy atom. The van der Waals surface area contributed by atoms with E-state index in [1.807, 2.05) is 0 Å². The molecule has 12 fully saturated rings. The van der Waals surface area contributed by atoms with Gasteiger partial charge in [-0.3, -0.25) is 19.6 Å². The second kappa shape index (κ2) is 32.7. The van der Waals surface area contributed by atoms with Crippen LogP contribution in [0.2, 0.25) is 0 Å². The highest BCUT2D eigenvalue weighted by Crippen LogP contribution is 2.65. The molecule has 12 aliphatic rings. The molecule has 0 heterocycles. The number of hydrogen-bond donors (Lipinski definition) is 0. The Morgan fingerprint density at radius 3 is 0.557 bits per heavy atom. The first-order valence-corrected chi connectivity index (χ1v) is 42.2. The third-order valence-electron chi connectivity index (χ3n) is 31.0. The molecule has 0 saturated heterocycles. The number of hydrogen-bond acceptors (Lipinski definition) is 4. The zero-order valence-electron chi connectivity index (χ0n) is 60.2. The summed E-state index contributed by atoms with van der Waals surface area (Å²) in [7, 11) is 0. The van der Waals surface area contributed by atoms with Crippen LogP contribution in [-0.4, -0.2) is 92.1 Å². The van der Waals surface area contributed by atoms with Gasteiger partial charge in [0, 0.05) is 72.5 Å². The Bertz CT molecular complexity index is 1680. The molecule has 8 atom stereocenters. The minimum atomic E-state index is 0.815. The predicted molar refractivity (Wildman–Crippen MR) is 378 cm³/mol. The molecule has 506 valence electrons. The molecule has 0 N–H and O–H groups in total. The first-order chi connectivity index (χ1) is 43.1. The van der Waals surface area contributed by atoms with Crippen molar-refractivity contribution in [1.82, 2.24) is 19.6 Å². The second-order valence-electron chi connectivity index (χ2n) is 36.4. The minimum Gasteiger partial charge on any atom is -0.294 e. The average Bonchev–Trinajstić information content (AvgIpc) is 0.719. The van der Waals surface area contributed by atoms with E-state index in [-0.39, 0.29) is 0 Å². The van der Waals surface area contributed by atoms with Gasteiger partial charge in [0.1, 0.15) is 0 Å². The topological polar surface area (TPSA) is 13.0 Å². The fourth-order valence-electron chi connectivity index (χ4n) is 26.1.